The molecule has 0 unspecified atom stereocenters. The summed E-state index contributed by atoms with van der Waals surface area (Å²) in [5, 5.41) is 0.326. The van der Waals surface area contributed by atoms with Gasteiger partial charge in [-0.05, 0) is 54.8 Å². The summed E-state index contributed by atoms with van der Waals surface area (Å²) in [5.74, 6) is -0.484. The minimum Gasteiger partial charge on any atom is -0.485 e. The van der Waals surface area contributed by atoms with Crippen LogP contribution < -0.4 is 0 Å². The van der Waals surface area contributed by atoms with E-state index in [0.29, 0.717) is 12.1 Å². The second-order valence-electron chi connectivity index (χ2n) is 9.23. The lowest BCUT2D eigenvalue weighted by Gasteiger charge is -2.49. The third-order valence-corrected chi connectivity index (χ3v) is 11.6. The average molecular weight is 468 g/mol. The second-order valence-corrected chi connectivity index (χ2v) is 14.8. The maximum absolute atomic E-state index is 13.3. The van der Waals surface area contributed by atoms with E-state index in [-0.39, 0.29) is 22.1 Å². The van der Waals surface area contributed by atoms with E-state index >= 15 is 0 Å². The number of halogens is 1. The van der Waals surface area contributed by atoms with Crippen LogP contribution in [-0.4, -0.2) is 42.9 Å². The zero-order chi connectivity index (χ0) is 22.9. The fourth-order valence-corrected chi connectivity index (χ4v) is 5.62. The number of nitrogens with zero attached hydrogens (tertiary/aromatic N) is 1. The lowest BCUT2D eigenvalue weighted by molar-refractivity contribution is -0.152. The molecule has 7 heteroatoms. The van der Waals surface area contributed by atoms with Gasteiger partial charge in [-0.2, -0.15) is 0 Å². The molecule has 2 rings (SSSR count). The molecule has 0 N–H and O–H groups in total. The predicted molar refractivity (Wildman–Crippen MR) is 131 cm³/mol. The minimum absolute atomic E-state index is 0.0565. The predicted octanol–water partition coefficient (Wildman–Crippen LogP) is 6.22. The number of alkyl halides is 1. The van der Waals surface area contributed by atoms with E-state index in [4.69, 9.17) is 33.0 Å². The van der Waals surface area contributed by atoms with E-state index < -0.39 is 19.7 Å². The Balaban J connectivity index is 2.38. The molecule has 3 atom stereocenters. The Labute approximate surface area is 192 Å². The van der Waals surface area contributed by atoms with Gasteiger partial charge >= 0.3 is 0 Å². The van der Waals surface area contributed by atoms with Crippen molar-refractivity contribution in [1.29, 1.82) is 0 Å². The highest BCUT2D eigenvalue weighted by molar-refractivity contribution is 7.80. The molecule has 1 fully saturated rings. The molecule has 1 amide bonds. The largest absolute Gasteiger partial charge is 0.485 e. The Morgan fingerprint density at radius 2 is 1.83 bits per heavy atom. The van der Waals surface area contributed by atoms with Crippen molar-refractivity contribution in [3.05, 3.63) is 41.6 Å². The summed E-state index contributed by atoms with van der Waals surface area (Å²) in [5.41, 5.74) is 1.99. The number of methoxy groups -OCH3 is 1. The quantitative estimate of drug-likeness (QED) is 0.119. The van der Waals surface area contributed by atoms with Gasteiger partial charge in [-0.15, -0.1) is 0 Å². The number of carbonyl (C=O) groups excluding carboxylic acids is 1. The standard InChI is InChI=1S/C23H34ClNO3SSi/c1-9-17(16-13-11-10-12-14-16)19(22(29)27-6)25-20(24)18(21(25)26)15(2)28-30(7,8)23(3,4)5/h10-15,18,20H,9H2,1-8H3/t15-,18-,20+/m1/s1. The topological polar surface area (TPSA) is 38.8 Å². The Morgan fingerprint density at radius 1 is 1.27 bits per heavy atom. The number of allylic oxidation sites excluding steroid dienone is 1. The molecule has 4 nitrogen and oxygen atoms in total. The van der Waals surface area contributed by atoms with Gasteiger partial charge in [0.1, 0.15) is 11.2 Å². The highest BCUT2D eigenvalue weighted by Gasteiger charge is 2.54. The van der Waals surface area contributed by atoms with Crippen LogP contribution in [0.5, 0.6) is 0 Å². The van der Waals surface area contributed by atoms with Crippen molar-refractivity contribution < 1.29 is 14.0 Å². The minimum atomic E-state index is -2.02. The van der Waals surface area contributed by atoms with E-state index in [1.807, 2.05) is 44.2 Å². The molecule has 30 heavy (non-hydrogen) atoms. The zero-order valence-corrected chi connectivity index (χ0v) is 21.9. The molecule has 166 valence electrons. The molecule has 0 bridgehead atoms. The van der Waals surface area contributed by atoms with Gasteiger partial charge in [-0.1, -0.05) is 69.6 Å². The molecule has 1 saturated heterocycles. The fourth-order valence-electron chi connectivity index (χ4n) is 3.46. The molecular formula is C23H34ClNO3SSi. The van der Waals surface area contributed by atoms with Crippen LogP contribution in [0.25, 0.3) is 5.57 Å². The fraction of sp³-hybridized carbons (Fsp3) is 0.565. The average Bonchev–Trinajstić information content (AvgIpc) is 2.66. The van der Waals surface area contributed by atoms with Crippen molar-refractivity contribution in [2.24, 2.45) is 5.92 Å². The summed E-state index contributed by atoms with van der Waals surface area (Å²) in [6, 6.07) is 9.90. The van der Waals surface area contributed by atoms with Crippen molar-refractivity contribution in [3.8, 4) is 0 Å². The van der Waals surface area contributed by atoms with Crippen LogP contribution in [0.2, 0.25) is 18.1 Å². The molecule has 0 saturated carbocycles. The molecule has 1 aliphatic rings. The molecule has 0 aliphatic carbocycles. The van der Waals surface area contributed by atoms with Gasteiger partial charge in [0, 0.05) is 0 Å². The van der Waals surface area contributed by atoms with Crippen LogP contribution in [0.15, 0.2) is 36.0 Å². The van der Waals surface area contributed by atoms with Crippen LogP contribution in [0.4, 0.5) is 0 Å². The highest BCUT2D eigenvalue weighted by Crippen LogP contribution is 2.43. The second kappa shape index (κ2) is 9.51. The number of β-lactam (4-membered cyclic amide) rings is 1. The number of hydrogen-bond donors (Lipinski definition) is 0. The highest BCUT2D eigenvalue weighted by atomic mass is 35.5. The maximum Gasteiger partial charge on any atom is 0.237 e. The van der Waals surface area contributed by atoms with Gasteiger partial charge in [0.2, 0.25) is 11.0 Å². The first-order chi connectivity index (χ1) is 13.9. The molecule has 1 aromatic rings. The van der Waals surface area contributed by atoms with Crippen molar-refractivity contribution in [3.63, 3.8) is 0 Å². The summed E-state index contributed by atoms with van der Waals surface area (Å²) in [6.07, 6.45) is 0.424. The first-order valence-electron chi connectivity index (χ1n) is 10.4. The summed E-state index contributed by atoms with van der Waals surface area (Å²) >= 11 is 12.3. The van der Waals surface area contributed by atoms with Gasteiger partial charge in [0.05, 0.1) is 19.1 Å². The van der Waals surface area contributed by atoms with Gasteiger partial charge in [-0.25, -0.2) is 0 Å². The summed E-state index contributed by atoms with van der Waals surface area (Å²) in [4.78, 5) is 14.9. The van der Waals surface area contributed by atoms with Gasteiger partial charge in [0.15, 0.2) is 8.32 Å². The normalized spacial score (nSPS) is 21.6. The molecule has 0 radical (unpaired) electrons. The molecule has 0 aromatic heterocycles. The molecule has 1 aromatic carbocycles. The monoisotopic (exact) mass is 467 g/mol. The van der Waals surface area contributed by atoms with E-state index in [1.54, 1.807) is 4.90 Å². The van der Waals surface area contributed by atoms with Gasteiger partial charge in [0.25, 0.3) is 0 Å². The van der Waals surface area contributed by atoms with Crippen molar-refractivity contribution in [2.75, 3.05) is 7.11 Å². The molecule has 0 spiro atoms. The smallest absolute Gasteiger partial charge is 0.237 e. The van der Waals surface area contributed by atoms with Crippen LogP contribution in [0, 0.1) is 5.92 Å². The lowest BCUT2D eigenvalue weighted by atomic mass is 9.90. The van der Waals surface area contributed by atoms with Crippen LogP contribution in [0.3, 0.4) is 0 Å². The van der Waals surface area contributed by atoms with Crippen LogP contribution in [0.1, 0.15) is 46.6 Å². The van der Waals surface area contributed by atoms with Crippen molar-refractivity contribution >= 4 is 48.7 Å². The van der Waals surface area contributed by atoms with E-state index in [9.17, 15) is 4.79 Å². The number of carbonyl (C=O) groups is 1. The van der Waals surface area contributed by atoms with Gasteiger partial charge < -0.3 is 9.16 Å². The Kier molecular flexibility index (Phi) is 7.94. The van der Waals surface area contributed by atoms with E-state index in [2.05, 4.69) is 33.9 Å². The van der Waals surface area contributed by atoms with E-state index in [1.165, 1.54) is 7.11 Å². The lowest BCUT2D eigenvalue weighted by Crippen LogP contribution is -2.63. The molecule has 1 heterocycles. The summed E-state index contributed by atoms with van der Waals surface area (Å²) in [7, 11) is -0.501. The number of amides is 1. The Hall–Kier alpha value is -1.21. The maximum atomic E-state index is 13.3. The number of hydrogen-bond acceptors (Lipinski definition) is 4. The third-order valence-electron chi connectivity index (χ3n) is 6.24. The Bertz CT molecular complexity index is 819. The summed E-state index contributed by atoms with van der Waals surface area (Å²) < 4.78 is 11.8. The van der Waals surface area contributed by atoms with Crippen molar-refractivity contribution in [1.82, 2.24) is 4.90 Å². The first-order valence-corrected chi connectivity index (χ1v) is 14.1. The molecular weight excluding hydrogens is 434 g/mol. The number of ether oxygens (including phenoxy) is 1. The van der Waals surface area contributed by atoms with Crippen molar-refractivity contribution in [2.45, 2.75) is 70.8 Å². The number of thiocarbonyl (C=S) groups is 1. The number of benzene rings is 1. The van der Waals surface area contributed by atoms with Crippen LogP contribution in [-0.2, 0) is 14.0 Å². The number of rotatable bonds is 7. The zero-order valence-electron chi connectivity index (χ0n) is 19.3. The van der Waals surface area contributed by atoms with E-state index in [0.717, 1.165) is 11.1 Å². The Morgan fingerprint density at radius 3 is 2.27 bits per heavy atom. The number of likely N-dealkylation sites (tertiary alicyclic amines) is 1. The van der Waals surface area contributed by atoms with Crippen LogP contribution >= 0.6 is 23.8 Å². The molecule has 1 aliphatic heterocycles. The van der Waals surface area contributed by atoms with Gasteiger partial charge in [-0.3, -0.25) is 9.69 Å². The SMILES string of the molecule is CCC(=C(C(=S)OC)N1C(=O)[C@H]([C@@H](C)O[Si](C)(C)C(C)(C)C)[C@H]1Cl)c1ccccc1. The summed E-state index contributed by atoms with van der Waals surface area (Å²) in [6.45, 7) is 14.9. The third kappa shape index (κ3) is 4.82. The first kappa shape index (κ1) is 25.1.